The van der Waals surface area contributed by atoms with Crippen molar-refractivity contribution < 1.29 is 22.0 Å². The maximum Gasteiger partial charge on any atom is 0.341 e. The zero-order valence-electron chi connectivity index (χ0n) is 14.7. The Labute approximate surface area is 152 Å². The summed E-state index contributed by atoms with van der Waals surface area (Å²) in [7, 11) is -2.85. The van der Waals surface area contributed by atoms with Crippen molar-refractivity contribution in [2.75, 3.05) is 38.5 Å². The number of carbonyl (C=O) groups is 1. The van der Waals surface area contributed by atoms with Gasteiger partial charge in [-0.05, 0) is 64.0 Å². The Balaban J connectivity index is 1.94. The molecule has 2 N–H and O–H groups in total. The molecule has 1 aliphatic heterocycles. The summed E-state index contributed by atoms with van der Waals surface area (Å²) in [6.45, 7) is 2.67. The number of nitrogens with zero attached hydrogens (tertiary/aromatic N) is 1. The predicted octanol–water partition coefficient (Wildman–Crippen LogP) is 1.94. The third-order valence-electron chi connectivity index (χ3n) is 4.58. The molecule has 6 nitrogen and oxygen atoms in total. The van der Waals surface area contributed by atoms with Crippen LogP contribution in [0.5, 0.6) is 0 Å². The summed E-state index contributed by atoms with van der Waals surface area (Å²) < 4.78 is 49.1. The van der Waals surface area contributed by atoms with Crippen LogP contribution in [0.15, 0.2) is 29.2 Å². The minimum Gasteiger partial charge on any atom is -0.324 e. The van der Waals surface area contributed by atoms with Gasteiger partial charge in [-0.1, -0.05) is 12.1 Å². The molecule has 146 valence electrons. The Morgan fingerprint density at radius 1 is 1.27 bits per heavy atom. The average molecular weight is 389 g/mol. The Hall–Kier alpha value is -1.58. The molecule has 1 amide bonds. The van der Waals surface area contributed by atoms with Gasteiger partial charge in [0.05, 0.1) is 17.1 Å². The standard InChI is InChI=1S/C17H25F2N3O3S/c1-20-9-6-13-7-10-22(11-8-13)12-16(23)21-14-4-2-3-5-15(14)26(24,25)17(18)19/h2-5,13,17,20H,6-12H2,1H3,(H,21,23). The van der Waals surface area contributed by atoms with Gasteiger partial charge in [-0.25, -0.2) is 8.42 Å². The molecular formula is C17H25F2N3O3S. The molecule has 0 spiro atoms. The molecular weight excluding hydrogens is 364 g/mol. The Morgan fingerprint density at radius 3 is 2.54 bits per heavy atom. The zero-order chi connectivity index (χ0) is 19.2. The first kappa shape index (κ1) is 20.7. The summed E-state index contributed by atoms with van der Waals surface area (Å²) in [4.78, 5) is 13.7. The minimum atomic E-state index is -4.77. The second-order valence-corrected chi connectivity index (χ2v) is 8.35. The van der Waals surface area contributed by atoms with Crippen LogP contribution in [-0.4, -0.2) is 58.2 Å². The van der Waals surface area contributed by atoms with E-state index in [2.05, 4.69) is 10.6 Å². The van der Waals surface area contributed by atoms with Crippen LogP contribution in [0.2, 0.25) is 0 Å². The van der Waals surface area contributed by atoms with Crippen LogP contribution in [0, 0.1) is 5.92 Å². The maximum atomic E-state index is 12.8. The number of sulfone groups is 1. The molecule has 0 saturated carbocycles. The summed E-state index contributed by atoms with van der Waals surface area (Å²) >= 11 is 0. The van der Waals surface area contributed by atoms with Gasteiger partial charge in [0, 0.05) is 0 Å². The molecule has 0 aromatic heterocycles. The zero-order valence-corrected chi connectivity index (χ0v) is 15.6. The second-order valence-electron chi connectivity index (χ2n) is 6.46. The lowest BCUT2D eigenvalue weighted by Crippen LogP contribution is -2.39. The number of nitrogens with one attached hydrogen (secondary N) is 2. The average Bonchev–Trinajstić information content (AvgIpc) is 2.61. The lowest BCUT2D eigenvalue weighted by Gasteiger charge is -2.31. The summed E-state index contributed by atoms with van der Waals surface area (Å²) in [6.07, 6.45) is 3.12. The highest BCUT2D eigenvalue weighted by molar-refractivity contribution is 7.91. The van der Waals surface area contributed by atoms with Gasteiger partial charge in [-0.2, -0.15) is 8.78 Å². The van der Waals surface area contributed by atoms with E-state index in [1.807, 2.05) is 11.9 Å². The molecule has 9 heteroatoms. The number of para-hydroxylation sites is 1. The lowest BCUT2D eigenvalue weighted by atomic mass is 9.93. The molecule has 1 fully saturated rings. The summed E-state index contributed by atoms with van der Waals surface area (Å²) in [5.74, 6) is -3.30. The number of alkyl halides is 2. The lowest BCUT2D eigenvalue weighted by molar-refractivity contribution is -0.117. The van der Waals surface area contributed by atoms with Crippen LogP contribution >= 0.6 is 0 Å². The largest absolute Gasteiger partial charge is 0.341 e. The van der Waals surface area contributed by atoms with Crippen LogP contribution in [0.4, 0.5) is 14.5 Å². The predicted molar refractivity (Wildman–Crippen MR) is 96.0 cm³/mol. The molecule has 1 aromatic rings. The van der Waals surface area contributed by atoms with Crippen LogP contribution < -0.4 is 10.6 Å². The van der Waals surface area contributed by atoms with Gasteiger partial charge in [-0.3, -0.25) is 9.69 Å². The van der Waals surface area contributed by atoms with Crippen molar-refractivity contribution in [1.29, 1.82) is 0 Å². The van der Waals surface area contributed by atoms with Gasteiger partial charge in [0.15, 0.2) is 0 Å². The minimum absolute atomic E-state index is 0.110. The number of benzene rings is 1. The van der Waals surface area contributed by atoms with E-state index in [0.717, 1.165) is 45.0 Å². The Bertz CT molecular complexity index is 705. The van der Waals surface area contributed by atoms with E-state index in [9.17, 15) is 22.0 Å². The first-order valence-corrected chi connectivity index (χ1v) is 10.2. The van der Waals surface area contributed by atoms with Gasteiger partial charge in [0.25, 0.3) is 0 Å². The van der Waals surface area contributed by atoms with Crippen molar-refractivity contribution in [3.05, 3.63) is 24.3 Å². The number of likely N-dealkylation sites (tertiary alicyclic amines) is 1. The molecule has 0 radical (unpaired) electrons. The quantitative estimate of drug-likeness (QED) is 0.711. The van der Waals surface area contributed by atoms with E-state index in [1.54, 1.807) is 0 Å². The monoisotopic (exact) mass is 389 g/mol. The highest BCUT2D eigenvalue weighted by Gasteiger charge is 2.29. The summed E-state index contributed by atoms with van der Waals surface area (Å²) in [5, 5.41) is 5.59. The van der Waals surface area contributed by atoms with E-state index < -0.39 is 26.4 Å². The molecule has 1 heterocycles. The van der Waals surface area contributed by atoms with E-state index in [1.165, 1.54) is 18.2 Å². The van der Waals surface area contributed by atoms with Crippen molar-refractivity contribution in [1.82, 2.24) is 10.2 Å². The number of rotatable bonds is 8. The summed E-state index contributed by atoms with van der Waals surface area (Å²) in [6, 6.07) is 5.23. The number of amides is 1. The fourth-order valence-corrected chi connectivity index (χ4v) is 3.97. The highest BCUT2D eigenvalue weighted by Crippen LogP contribution is 2.26. The highest BCUT2D eigenvalue weighted by atomic mass is 32.2. The maximum absolute atomic E-state index is 12.8. The van der Waals surface area contributed by atoms with Crippen LogP contribution in [-0.2, 0) is 14.6 Å². The molecule has 1 aliphatic rings. The van der Waals surface area contributed by atoms with Crippen molar-refractivity contribution in [3.63, 3.8) is 0 Å². The summed E-state index contributed by atoms with van der Waals surface area (Å²) in [5.41, 5.74) is -0.110. The van der Waals surface area contributed by atoms with E-state index in [4.69, 9.17) is 0 Å². The molecule has 2 rings (SSSR count). The molecule has 0 unspecified atom stereocenters. The van der Waals surface area contributed by atoms with E-state index >= 15 is 0 Å². The topological polar surface area (TPSA) is 78.5 Å². The van der Waals surface area contributed by atoms with Crippen LogP contribution in [0.25, 0.3) is 0 Å². The molecule has 1 aromatic carbocycles. The normalized spacial score (nSPS) is 16.8. The molecule has 0 aliphatic carbocycles. The second kappa shape index (κ2) is 9.38. The number of hydrogen-bond donors (Lipinski definition) is 2. The third-order valence-corrected chi connectivity index (χ3v) is 6.02. The number of anilines is 1. The van der Waals surface area contributed by atoms with E-state index in [0.29, 0.717) is 5.92 Å². The van der Waals surface area contributed by atoms with Gasteiger partial charge < -0.3 is 10.6 Å². The Kier molecular flexibility index (Phi) is 7.48. The fourth-order valence-electron chi connectivity index (χ4n) is 3.09. The molecule has 0 atom stereocenters. The SMILES string of the molecule is CNCCC1CCN(CC(=O)Nc2ccccc2S(=O)(=O)C(F)F)CC1. The molecule has 0 bridgehead atoms. The van der Waals surface area contributed by atoms with Crippen LogP contribution in [0.1, 0.15) is 19.3 Å². The van der Waals surface area contributed by atoms with E-state index in [-0.39, 0.29) is 12.2 Å². The number of carbonyl (C=O) groups excluding carboxylic acids is 1. The van der Waals surface area contributed by atoms with Crippen molar-refractivity contribution in [2.45, 2.75) is 29.9 Å². The van der Waals surface area contributed by atoms with Crippen molar-refractivity contribution >= 4 is 21.4 Å². The number of halogens is 2. The first-order valence-electron chi connectivity index (χ1n) is 8.62. The molecule has 26 heavy (non-hydrogen) atoms. The number of hydrogen-bond acceptors (Lipinski definition) is 5. The van der Waals surface area contributed by atoms with Gasteiger partial charge >= 0.3 is 5.76 Å². The third kappa shape index (κ3) is 5.46. The Morgan fingerprint density at radius 2 is 1.92 bits per heavy atom. The van der Waals surface area contributed by atoms with Crippen molar-refractivity contribution in [3.8, 4) is 0 Å². The first-order chi connectivity index (χ1) is 12.3. The van der Waals surface area contributed by atoms with Crippen molar-refractivity contribution in [2.24, 2.45) is 5.92 Å². The number of piperidine rings is 1. The van der Waals surface area contributed by atoms with Crippen LogP contribution in [0.3, 0.4) is 0 Å². The fraction of sp³-hybridized carbons (Fsp3) is 0.588. The van der Waals surface area contributed by atoms with Gasteiger partial charge in [0.1, 0.15) is 0 Å². The van der Waals surface area contributed by atoms with Gasteiger partial charge in [0.2, 0.25) is 15.7 Å². The van der Waals surface area contributed by atoms with Gasteiger partial charge in [-0.15, -0.1) is 0 Å². The molecule has 1 saturated heterocycles. The smallest absolute Gasteiger partial charge is 0.324 e.